The second-order valence-corrected chi connectivity index (χ2v) is 4.73. The fourth-order valence-electron chi connectivity index (χ4n) is 1.97. The average Bonchev–Trinajstić information content (AvgIpc) is 2.52. The van der Waals surface area contributed by atoms with Gasteiger partial charge in [-0.05, 0) is 24.8 Å². The van der Waals surface area contributed by atoms with E-state index < -0.39 is 12.0 Å². The summed E-state index contributed by atoms with van der Waals surface area (Å²) in [5.41, 5.74) is 1.09. The quantitative estimate of drug-likeness (QED) is 0.452. The highest BCUT2D eigenvalue weighted by Gasteiger charge is 2.20. The van der Waals surface area contributed by atoms with E-state index in [4.69, 9.17) is 11.2 Å². The molecule has 1 aromatic carbocycles. The predicted molar refractivity (Wildman–Crippen MR) is 81.4 cm³/mol. The first-order valence-corrected chi connectivity index (χ1v) is 7.02. The Balaban J connectivity index is 2.44. The van der Waals surface area contributed by atoms with Gasteiger partial charge in [0.05, 0.1) is 7.11 Å². The van der Waals surface area contributed by atoms with Crippen LogP contribution >= 0.6 is 0 Å². The molecule has 0 aliphatic heterocycles. The lowest BCUT2D eigenvalue weighted by molar-refractivity contribution is -0.145. The zero-order chi connectivity index (χ0) is 15.5. The average molecular weight is 287 g/mol. The van der Waals surface area contributed by atoms with Crippen LogP contribution in [0, 0.1) is 12.3 Å². The standard InChI is InChI=1S/C17H21NO3/c1-3-4-6-11-15(17(20)21-2)18-16(19)13-12-14-9-7-5-8-10-14/h1,5,7-10,15H,4,6,11-13H2,2H3,(H,18,19)/t15-/m1/s1. The molecule has 0 unspecified atom stereocenters. The number of carbonyl (C=O) groups excluding carboxylic acids is 2. The molecule has 1 amide bonds. The monoisotopic (exact) mass is 287 g/mol. The van der Waals surface area contributed by atoms with Crippen molar-refractivity contribution in [2.45, 2.75) is 38.1 Å². The van der Waals surface area contributed by atoms with Crippen LogP contribution in [-0.4, -0.2) is 25.0 Å². The number of terminal acetylenes is 1. The van der Waals surface area contributed by atoms with Gasteiger partial charge in [-0.1, -0.05) is 30.3 Å². The van der Waals surface area contributed by atoms with E-state index in [1.54, 1.807) is 0 Å². The van der Waals surface area contributed by atoms with Gasteiger partial charge in [-0.15, -0.1) is 12.3 Å². The summed E-state index contributed by atoms with van der Waals surface area (Å²) in [6.07, 6.45) is 7.91. The molecule has 112 valence electrons. The molecule has 1 N–H and O–H groups in total. The van der Waals surface area contributed by atoms with Crippen LogP contribution < -0.4 is 5.32 Å². The molecule has 1 aromatic rings. The molecular weight excluding hydrogens is 266 g/mol. The van der Waals surface area contributed by atoms with E-state index in [1.807, 2.05) is 30.3 Å². The van der Waals surface area contributed by atoms with Gasteiger partial charge in [0.15, 0.2) is 0 Å². The van der Waals surface area contributed by atoms with E-state index in [0.717, 1.165) is 5.56 Å². The number of hydrogen-bond acceptors (Lipinski definition) is 3. The van der Waals surface area contributed by atoms with Gasteiger partial charge in [-0.3, -0.25) is 4.79 Å². The van der Waals surface area contributed by atoms with Crippen molar-refractivity contribution in [2.75, 3.05) is 7.11 Å². The normalized spacial score (nSPS) is 11.2. The first-order chi connectivity index (χ1) is 10.2. The lowest BCUT2D eigenvalue weighted by Gasteiger charge is -2.16. The molecule has 0 saturated heterocycles. The second kappa shape index (κ2) is 9.60. The third kappa shape index (κ3) is 6.62. The van der Waals surface area contributed by atoms with Crippen LogP contribution in [0.2, 0.25) is 0 Å². The number of ether oxygens (including phenoxy) is 1. The summed E-state index contributed by atoms with van der Waals surface area (Å²) >= 11 is 0. The molecule has 0 radical (unpaired) electrons. The highest BCUT2D eigenvalue weighted by Crippen LogP contribution is 2.05. The van der Waals surface area contributed by atoms with Gasteiger partial charge in [-0.25, -0.2) is 4.79 Å². The van der Waals surface area contributed by atoms with E-state index in [9.17, 15) is 9.59 Å². The molecule has 4 nitrogen and oxygen atoms in total. The highest BCUT2D eigenvalue weighted by molar-refractivity contribution is 5.84. The Morgan fingerprint density at radius 3 is 2.67 bits per heavy atom. The van der Waals surface area contributed by atoms with Crippen molar-refractivity contribution >= 4 is 11.9 Å². The van der Waals surface area contributed by atoms with Gasteiger partial charge in [-0.2, -0.15) is 0 Å². The second-order valence-electron chi connectivity index (χ2n) is 4.73. The molecule has 0 spiro atoms. The Bertz CT molecular complexity index is 491. The molecule has 0 heterocycles. The lowest BCUT2D eigenvalue weighted by Crippen LogP contribution is -2.41. The Labute approximate surface area is 125 Å². The van der Waals surface area contributed by atoms with Crippen molar-refractivity contribution in [1.82, 2.24) is 5.32 Å². The molecule has 0 bridgehead atoms. The number of methoxy groups -OCH3 is 1. The number of hydrogen-bond donors (Lipinski definition) is 1. The molecule has 0 aromatic heterocycles. The molecule has 21 heavy (non-hydrogen) atoms. The van der Waals surface area contributed by atoms with E-state index >= 15 is 0 Å². The minimum absolute atomic E-state index is 0.157. The summed E-state index contributed by atoms with van der Waals surface area (Å²) in [4.78, 5) is 23.5. The molecular formula is C17H21NO3. The van der Waals surface area contributed by atoms with Gasteiger partial charge >= 0.3 is 5.97 Å². The predicted octanol–water partition coefficient (Wildman–Crippen LogP) is 2.08. The van der Waals surface area contributed by atoms with Crippen molar-refractivity contribution in [3.05, 3.63) is 35.9 Å². The third-order valence-corrected chi connectivity index (χ3v) is 3.12. The van der Waals surface area contributed by atoms with Crippen LogP contribution in [0.1, 0.15) is 31.2 Å². The maximum Gasteiger partial charge on any atom is 0.328 e. The number of amides is 1. The molecule has 1 rings (SSSR count). The Morgan fingerprint density at radius 2 is 2.05 bits per heavy atom. The largest absolute Gasteiger partial charge is 0.467 e. The van der Waals surface area contributed by atoms with Crippen LogP contribution in [0.15, 0.2) is 30.3 Å². The van der Waals surface area contributed by atoms with E-state index in [-0.39, 0.29) is 5.91 Å². The van der Waals surface area contributed by atoms with Crippen molar-refractivity contribution < 1.29 is 14.3 Å². The highest BCUT2D eigenvalue weighted by atomic mass is 16.5. The fourth-order valence-corrected chi connectivity index (χ4v) is 1.97. The minimum atomic E-state index is -0.619. The minimum Gasteiger partial charge on any atom is -0.467 e. The van der Waals surface area contributed by atoms with Gasteiger partial charge in [0.25, 0.3) is 0 Å². The number of nitrogens with one attached hydrogen (secondary N) is 1. The summed E-state index contributed by atoms with van der Waals surface area (Å²) in [5.74, 6) is 1.93. The SMILES string of the molecule is C#CCCC[C@@H](NC(=O)CCc1ccccc1)C(=O)OC. The lowest BCUT2D eigenvalue weighted by atomic mass is 10.1. The number of unbranched alkanes of at least 4 members (excludes halogenated alkanes) is 1. The number of rotatable bonds is 8. The number of esters is 1. The van der Waals surface area contributed by atoms with Crippen molar-refractivity contribution in [2.24, 2.45) is 0 Å². The van der Waals surface area contributed by atoms with Gasteiger partial charge in [0.1, 0.15) is 6.04 Å². The van der Waals surface area contributed by atoms with Crippen molar-refractivity contribution in [3.63, 3.8) is 0 Å². The Morgan fingerprint density at radius 1 is 1.33 bits per heavy atom. The zero-order valence-corrected chi connectivity index (χ0v) is 12.3. The molecule has 0 aliphatic rings. The Kier molecular flexibility index (Phi) is 7.67. The molecule has 0 fully saturated rings. The van der Waals surface area contributed by atoms with Gasteiger partial charge < -0.3 is 10.1 Å². The summed E-state index contributed by atoms with van der Waals surface area (Å²) < 4.78 is 4.70. The van der Waals surface area contributed by atoms with E-state index in [1.165, 1.54) is 7.11 Å². The van der Waals surface area contributed by atoms with Gasteiger partial charge in [0, 0.05) is 12.8 Å². The number of aryl methyl sites for hydroxylation is 1. The maximum atomic E-state index is 11.9. The first-order valence-electron chi connectivity index (χ1n) is 7.02. The van der Waals surface area contributed by atoms with Crippen LogP contribution in [-0.2, 0) is 20.7 Å². The van der Waals surface area contributed by atoms with Crippen LogP contribution in [0.25, 0.3) is 0 Å². The van der Waals surface area contributed by atoms with Crippen molar-refractivity contribution in [1.29, 1.82) is 0 Å². The van der Waals surface area contributed by atoms with Crippen LogP contribution in [0.5, 0.6) is 0 Å². The first kappa shape index (κ1) is 16.8. The fraction of sp³-hybridized carbons (Fsp3) is 0.412. The van der Waals surface area contributed by atoms with Crippen molar-refractivity contribution in [3.8, 4) is 12.3 Å². The molecule has 1 atom stereocenters. The summed E-state index contributed by atoms with van der Waals surface area (Å²) in [6, 6.07) is 9.12. The van der Waals surface area contributed by atoms with Crippen LogP contribution in [0.4, 0.5) is 0 Å². The Hall–Kier alpha value is -2.28. The summed E-state index contributed by atoms with van der Waals surface area (Å²) in [7, 11) is 1.31. The summed E-state index contributed by atoms with van der Waals surface area (Å²) in [6.45, 7) is 0. The van der Waals surface area contributed by atoms with E-state index in [2.05, 4.69) is 11.2 Å². The topological polar surface area (TPSA) is 55.4 Å². The van der Waals surface area contributed by atoms with E-state index in [0.29, 0.717) is 32.1 Å². The third-order valence-electron chi connectivity index (χ3n) is 3.12. The summed E-state index contributed by atoms with van der Waals surface area (Å²) in [5, 5.41) is 2.71. The smallest absolute Gasteiger partial charge is 0.328 e. The van der Waals surface area contributed by atoms with Crippen LogP contribution in [0.3, 0.4) is 0 Å². The molecule has 0 aliphatic carbocycles. The zero-order valence-electron chi connectivity index (χ0n) is 12.3. The molecule has 0 saturated carbocycles. The maximum absolute atomic E-state index is 11.9. The van der Waals surface area contributed by atoms with Gasteiger partial charge in [0.2, 0.25) is 5.91 Å². The number of benzene rings is 1. The number of carbonyl (C=O) groups is 2. The molecule has 4 heteroatoms.